The number of pyridine rings is 1. The lowest BCUT2D eigenvalue weighted by Gasteiger charge is -2.34. The number of anilines is 1. The van der Waals surface area contributed by atoms with Crippen molar-refractivity contribution in [3.63, 3.8) is 0 Å². The van der Waals surface area contributed by atoms with Crippen LogP contribution in [0.1, 0.15) is 6.92 Å². The first-order valence-electron chi connectivity index (χ1n) is 7.52. The number of morpholine rings is 1. The molecule has 0 saturated carbocycles. The smallest absolute Gasteiger partial charge is 0.137 e. The third-order valence-corrected chi connectivity index (χ3v) is 4.97. The van der Waals surface area contributed by atoms with E-state index < -0.39 is 0 Å². The molecule has 0 aromatic carbocycles. The molecule has 1 fully saturated rings. The van der Waals surface area contributed by atoms with Crippen LogP contribution in [0.15, 0.2) is 18.3 Å². The van der Waals surface area contributed by atoms with Crippen LogP contribution in [0, 0.1) is 3.57 Å². The fourth-order valence-corrected chi connectivity index (χ4v) is 3.88. The van der Waals surface area contributed by atoms with Crippen LogP contribution in [-0.4, -0.2) is 50.8 Å². The van der Waals surface area contributed by atoms with Crippen LogP contribution >= 0.6 is 22.6 Å². The Morgan fingerprint density at radius 1 is 1.43 bits per heavy atom. The largest absolute Gasteiger partial charge is 0.377 e. The minimum Gasteiger partial charge on any atom is -0.377 e. The van der Waals surface area contributed by atoms with E-state index in [9.17, 15) is 0 Å². The Hall–Kier alpha value is -1.68. The van der Waals surface area contributed by atoms with Crippen molar-refractivity contribution < 1.29 is 4.74 Å². The van der Waals surface area contributed by atoms with E-state index in [2.05, 4.69) is 55.8 Å². The van der Waals surface area contributed by atoms with E-state index in [0.717, 1.165) is 51.6 Å². The fraction of sp³-hybridized carbons (Fsp3) is 0.400. The number of nitrogens with one attached hydrogen (secondary N) is 1. The van der Waals surface area contributed by atoms with E-state index in [1.807, 2.05) is 17.8 Å². The lowest BCUT2D eigenvalue weighted by Crippen LogP contribution is -2.44. The van der Waals surface area contributed by atoms with Gasteiger partial charge in [0.15, 0.2) is 0 Å². The Labute approximate surface area is 147 Å². The van der Waals surface area contributed by atoms with Gasteiger partial charge in [-0.15, -0.1) is 0 Å². The molecular formula is C15H17IN6O. The molecule has 0 aliphatic carbocycles. The van der Waals surface area contributed by atoms with E-state index >= 15 is 0 Å². The minimum absolute atomic E-state index is 0.316. The molecule has 4 heterocycles. The molecule has 8 heteroatoms. The number of rotatable bonds is 2. The Bertz CT molecular complexity index is 843. The molecule has 4 rings (SSSR count). The first kappa shape index (κ1) is 14.9. The lowest BCUT2D eigenvalue weighted by molar-refractivity contribution is 0.0985. The summed E-state index contributed by atoms with van der Waals surface area (Å²) in [5.74, 6) is 0.978. The molecule has 120 valence electrons. The van der Waals surface area contributed by atoms with Crippen LogP contribution < -0.4 is 4.90 Å². The molecule has 0 spiro atoms. The second-order valence-electron chi connectivity index (χ2n) is 5.72. The second-order valence-corrected chi connectivity index (χ2v) is 6.88. The number of aryl methyl sites for hydroxylation is 1. The molecule has 0 radical (unpaired) electrons. The quantitative estimate of drug-likeness (QED) is 0.639. The predicted molar refractivity (Wildman–Crippen MR) is 96.4 cm³/mol. The van der Waals surface area contributed by atoms with Gasteiger partial charge in [0, 0.05) is 23.4 Å². The monoisotopic (exact) mass is 424 g/mol. The number of fused-ring (bicyclic) bond motifs is 1. The number of nitrogens with zero attached hydrogens (tertiary/aromatic N) is 5. The number of hydrogen-bond acceptors (Lipinski definition) is 5. The molecule has 3 aromatic rings. The highest BCUT2D eigenvalue weighted by molar-refractivity contribution is 14.1. The van der Waals surface area contributed by atoms with Gasteiger partial charge in [-0.3, -0.25) is 9.78 Å². The van der Waals surface area contributed by atoms with Gasteiger partial charge >= 0.3 is 0 Å². The van der Waals surface area contributed by atoms with Crippen molar-refractivity contribution in [1.29, 1.82) is 0 Å². The van der Waals surface area contributed by atoms with E-state index in [0.29, 0.717) is 6.04 Å². The molecule has 7 nitrogen and oxygen atoms in total. The van der Waals surface area contributed by atoms with Gasteiger partial charge in [0.2, 0.25) is 0 Å². The van der Waals surface area contributed by atoms with E-state index in [1.54, 1.807) is 6.20 Å². The molecule has 1 saturated heterocycles. The number of halogens is 1. The van der Waals surface area contributed by atoms with Crippen molar-refractivity contribution in [2.24, 2.45) is 7.05 Å². The average molecular weight is 424 g/mol. The maximum absolute atomic E-state index is 5.54. The summed E-state index contributed by atoms with van der Waals surface area (Å²) >= 11 is 2.36. The van der Waals surface area contributed by atoms with Crippen molar-refractivity contribution in [1.82, 2.24) is 25.0 Å². The third kappa shape index (κ3) is 2.49. The summed E-state index contributed by atoms with van der Waals surface area (Å²) in [5, 5.41) is 11.6. The zero-order valence-corrected chi connectivity index (χ0v) is 15.1. The van der Waals surface area contributed by atoms with Gasteiger partial charge in [-0.2, -0.15) is 10.2 Å². The first-order chi connectivity index (χ1) is 11.1. The molecule has 1 aliphatic rings. The first-order valence-corrected chi connectivity index (χ1v) is 8.60. The summed E-state index contributed by atoms with van der Waals surface area (Å²) in [6.45, 7) is 4.49. The van der Waals surface area contributed by atoms with Crippen LogP contribution in [0.5, 0.6) is 0 Å². The van der Waals surface area contributed by atoms with Gasteiger partial charge in [0.1, 0.15) is 22.5 Å². The summed E-state index contributed by atoms with van der Waals surface area (Å²) in [6, 6.07) is 4.36. The molecule has 1 aliphatic heterocycles. The fourth-order valence-electron chi connectivity index (χ4n) is 3.00. The van der Waals surface area contributed by atoms with Gasteiger partial charge in [0.25, 0.3) is 0 Å². The molecule has 0 amide bonds. The maximum atomic E-state index is 5.54. The normalized spacial score (nSPS) is 18.7. The molecular weight excluding hydrogens is 407 g/mol. The zero-order valence-electron chi connectivity index (χ0n) is 13.0. The van der Waals surface area contributed by atoms with Gasteiger partial charge in [-0.1, -0.05) is 0 Å². The van der Waals surface area contributed by atoms with Gasteiger partial charge in [0.05, 0.1) is 24.9 Å². The minimum atomic E-state index is 0.316. The Morgan fingerprint density at radius 3 is 3.04 bits per heavy atom. The van der Waals surface area contributed by atoms with Crippen LogP contribution in [-0.2, 0) is 11.8 Å². The summed E-state index contributed by atoms with van der Waals surface area (Å²) in [5.41, 5.74) is 3.66. The molecule has 1 atom stereocenters. The van der Waals surface area contributed by atoms with Crippen LogP contribution in [0.4, 0.5) is 5.82 Å². The molecule has 0 unspecified atom stereocenters. The van der Waals surface area contributed by atoms with Crippen LogP contribution in [0.25, 0.3) is 22.4 Å². The summed E-state index contributed by atoms with van der Waals surface area (Å²) in [7, 11) is 1.95. The number of ether oxygens (including phenoxy) is 1. The Morgan fingerprint density at radius 2 is 2.30 bits per heavy atom. The van der Waals surface area contributed by atoms with E-state index in [4.69, 9.17) is 9.72 Å². The van der Waals surface area contributed by atoms with Crippen molar-refractivity contribution in [3.8, 4) is 11.4 Å². The molecule has 0 bridgehead atoms. The summed E-state index contributed by atoms with van der Waals surface area (Å²) < 4.78 is 8.56. The van der Waals surface area contributed by atoms with Crippen molar-refractivity contribution >= 4 is 39.4 Å². The average Bonchev–Trinajstić information content (AvgIpc) is 3.16. The van der Waals surface area contributed by atoms with Gasteiger partial charge in [-0.05, 0) is 41.6 Å². The third-order valence-electron chi connectivity index (χ3n) is 4.15. The number of H-pyrrole nitrogens is 1. The number of aromatic nitrogens is 5. The molecule has 3 aromatic heterocycles. The number of aromatic amines is 1. The highest BCUT2D eigenvalue weighted by Gasteiger charge is 2.23. The topological polar surface area (TPSA) is 71.9 Å². The highest BCUT2D eigenvalue weighted by Crippen LogP contribution is 2.31. The predicted octanol–water partition coefficient (Wildman–Crippen LogP) is 2.19. The Kier molecular flexibility index (Phi) is 3.72. The van der Waals surface area contributed by atoms with E-state index in [-0.39, 0.29) is 0 Å². The SMILES string of the molecule is C[C@@H]1COCCN1c1cc(I)c2c(n1)c(-c1ccn[nH]1)nn2C. The van der Waals surface area contributed by atoms with Crippen molar-refractivity contribution in [2.75, 3.05) is 24.7 Å². The van der Waals surface area contributed by atoms with Crippen LogP contribution in [0.3, 0.4) is 0 Å². The molecule has 23 heavy (non-hydrogen) atoms. The van der Waals surface area contributed by atoms with E-state index in [1.165, 1.54) is 0 Å². The lowest BCUT2D eigenvalue weighted by atomic mass is 10.2. The van der Waals surface area contributed by atoms with Gasteiger partial charge in [-0.25, -0.2) is 4.98 Å². The highest BCUT2D eigenvalue weighted by atomic mass is 127. The van der Waals surface area contributed by atoms with Crippen molar-refractivity contribution in [3.05, 3.63) is 21.9 Å². The zero-order chi connectivity index (χ0) is 16.0. The summed E-state index contributed by atoms with van der Waals surface area (Å²) in [4.78, 5) is 7.22. The summed E-state index contributed by atoms with van der Waals surface area (Å²) in [6.07, 6.45) is 1.73. The number of hydrogen-bond donors (Lipinski definition) is 1. The molecule has 1 N–H and O–H groups in total. The van der Waals surface area contributed by atoms with Gasteiger partial charge < -0.3 is 9.64 Å². The standard InChI is InChI=1S/C15H17IN6O/c1-9-8-23-6-5-22(9)12-7-10(16)15-14(18-12)13(20-21(15)2)11-3-4-17-19-11/h3-4,7,9H,5-6,8H2,1-2H3,(H,17,19)/t9-/m1/s1. The Balaban J connectivity index is 1.90. The van der Waals surface area contributed by atoms with Crippen molar-refractivity contribution in [2.45, 2.75) is 13.0 Å². The maximum Gasteiger partial charge on any atom is 0.137 e. The second kappa shape index (κ2) is 5.75. The van der Waals surface area contributed by atoms with Crippen LogP contribution in [0.2, 0.25) is 0 Å².